The van der Waals surface area contributed by atoms with E-state index in [4.69, 9.17) is 11.6 Å². The van der Waals surface area contributed by atoms with E-state index in [2.05, 4.69) is 15.1 Å². The summed E-state index contributed by atoms with van der Waals surface area (Å²) >= 11 is 6.04. The first-order valence-corrected chi connectivity index (χ1v) is 12.8. The second-order valence-electron chi connectivity index (χ2n) is 10.5. The number of β-amino-alcohol motifs (C(OH)–C–C–N with tert-alkyl or cyclic N) is 1. The molecule has 2 N–H and O–H groups in total. The van der Waals surface area contributed by atoms with Gasteiger partial charge in [-0.2, -0.15) is 0 Å². The number of nitrogens with one attached hydrogen (secondary N) is 1. The van der Waals surface area contributed by atoms with Crippen molar-refractivity contribution in [3.8, 4) is 0 Å². The molecule has 1 aliphatic carbocycles. The number of fused-ring (bicyclic) bond motifs is 1. The molecule has 3 aliphatic heterocycles. The quantitative estimate of drug-likeness (QED) is 0.699. The summed E-state index contributed by atoms with van der Waals surface area (Å²) in [6, 6.07) is 6.60. The largest absolute Gasteiger partial charge is 0.391 e. The fourth-order valence-corrected chi connectivity index (χ4v) is 6.29. The second kappa shape index (κ2) is 9.08. The summed E-state index contributed by atoms with van der Waals surface area (Å²) in [5.74, 6) is 0.0489. The molecule has 1 spiro atoms. The molecular formula is C25H35ClN4O3. The van der Waals surface area contributed by atoms with Crippen LogP contribution in [-0.4, -0.2) is 82.2 Å². The second-order valence-corrected chi connectivity index (χ2v) is 10.9. The number of halogens is 1. The molecule has 4 fully saturated rings. The van der Waals surface area contributed by atoms with Crippen LogP contribution in [0.25, 0.3) is 0 Å². The van der Waals surface area contributed by atoms with Crippen molar-refractivity contribution in [3.63, 3.8) is 0 Å². The minimum atomic E-state index is -0.493. The summed E-state index contributed by atoms with van der Waals surface area (Å²) < 4.78 is 0. The Morgan fingerprint density at radius 1 is 1.24 bits per heavy atom. The Morgan fingerprint density at radius 2 is 2.06 bits per heavy atom. The first kappa shape index (κ1) is 22.9. The van der Waals surface area contributed by atoms with Crippen molar-refractivity contribution in [3.05, 3.63) is 29.3 Å². The SMILES string of the molecule is CC1C(=O)N2C(CCN3CCC4(CC4)C(O)C3)CCCC2CN1C(=O)Nc1cccc(Cl)c1. The lowest BCUT2D eigenvalue weighted by Gasteiger charge is -2.50. The number of piperidine rings is 2. The number of urea groups is 1. The first-order valence-electron chi connectivity index (χ1n) is 12.4. The van der Waals surface area contributed by atoms with Crippen LogP contribution in [0.15, 0.2) is 24.3 Å². The van der Waals surface area contributed by atoms with E-state index in [0.717, 1.165) is 51.7 Å². The van der Waals surface area contributed by atoms with Crippen LogP contribution in [0.5, 0.6) is 0 Å². The minimum Gasteiger partial charge on any atom is -0.391 e. The topological polar surface area (TPSA) is 76.1 Å². The average Bonchev–Trinajstić information content (AvgIpc) is 3.57. The van der Waals surface area contributed by atoms with Gasteiger partial charge in [0.05, 0.1) is 6.10 Å². The average molecular weight is 475 g/mol. The number of hydrogen-bond donors (Lipinski definition) is 2. The number of carbonyl (C=O) groups is 2. The van der Waals surface area contributed by atoms with E-state index < -0.39 is 6.04 Å². The van der Waals surface area contributed by atoms with E-state index in [1.54, 1.807) is 29.2 Å². The fraction of sp³-hybridized carbons (Fsp3) is 0.680. The lowest BCUT2D eigenvalue weighted by atomic mass is 9.88. The van der Waals surface area contributed by atoms with Gasteiger partial charge < -0.3 is 25.1 Å². The van der Waals surface area contributed by atoms with Crippen LogP contribution in [0.4, 0.5) is 10.5 Å². The lowest BCUT2D eigenvalue weighted by Crippen LogP contribution is -2.66. The van der Waals surface area contributed by atoms with Crippen molar-refractivity contribution in [2.45, 2.75) is 76.1 Å². The normalized spacial score (nSPS) is 31.4. The number of piperazine rings is 1. The number of hydrogen-bond acceptors (Lipinski definition) is 4. The van der Waals surface area contributed by atoms with Gasteiger partial charge in [-0.3, -0.25) is 4.79 Å². The van der Waals surface area contributed by atoms with Crippen molar-refractivity contribution in [1.82, 2.24) is 14.7 Å². The molecule has 1 aromatic rings. The van der Waals surface area contributed by atoms with Crippen LogP contribution >= 0.6 is 11.6 Å². The van der Waals surface area contributed by atoms with E-state index in [-0.39, 0.29) is 35.5 Å². The van der Waals surface area contributed by atoms with Crippen molar-refractivity contribution < 1.29 is 14.7 Å². The van der Waals surface area contributed by atoms with Crippen molar-refractivity contribution in [2.24, 2.45) is 5.41 Å². The molecular weight excluding hydrogens is 440 g/mol. The highest BCUT2D eigenvalue weighted by Crippen LogP contribution is 2.53. The molecule has 180 valence electrons. The van der Waals surface area contributed by atoms with E-state index >= 15 is 0 Å². The smallest absolute Gasteiger partial charge is 0.322 e. The molecule has 33 heavy (non-hydrogen) atoms. The molecule has 3 heterocycles. The Balaban J connectivity index is 1.20. The van der Waals surface area contributed by atoms with E-state index in [1.165, 1.54) is 12.8 Å². The zero-order chi connectivity index (χ0) is 23.2. The maximum atomic E-state index is 13.4. The van der Waals surface area contributed by atoms with Gasteiger partial charge in [-0.1, -0.05) is 17.7 Å². The van der Waals surface area contributed by atoms with Crippen LogP contribution in [0.2, 0.25) is 5.02 Å². The highest BCUT2D eigenvalue weighted by atomic mass is 35.5. The minimum absolute atomic E-state index is 0.0489. The van der Waals surface area contributed by atoms with E-state index in [1.807, 2.05) is 6.92 Å². The molecule has 0 aromatic heterocycles. The lowest BCUT2D eigenvalue weighted by molar-refractivity contribution is -0.149. The van der Waals surface area contributed by atoms with Crippen molar-refractivity contribution >= 4 is 29.2 Å². The summed E-state index contributed by atoms with van der Waals surface area (Å²) in [6.45, 7) is 5.12. The van der Waals surface area contributed by atoms with Crippen LogP contribution in [0.1, 0.15) is 51.9 Å². The zero-order valence-corrected chi connectivity index (χ0v) is 20.1. The molecule has 4 atom stereocenters. The van der Waals surface area contributed by atoms with Gasteiger partial charge in [-0.25, -0.2) is 4.79 Å². The highest BCUT2D eigenvalue weighted by molar-refractivity contribution is 6.30. The molecule has 3 amide bonds. The van der Waals surface area contributed by atoms with Gasteiger partial charge in [-0.15, -0.1) is 0 Å². The van der Waals surface area contributed by atoms with Crippen LogP contribution in [0.3, 0.4) is 0 Å². The molecule has 1 saturated carbocycles. The Bertz CT molecular complexity index is 907. The number of benzene rings is 1. The predicted molar refractivity (Wildman–Crippen MR) is 128 cm³/mol. The number of aliphatic hydroxyl groups excluding tert-OH is 1. The van der Waals surface area contributed by atoms with Crippen molar-refractivity contribution in [1.29, 1.82) is 0 Å². The third-order valence-corrected chi connectivity index (χ3v) is 8.65. The Labute approximate surface area is 201 Å². The van der Waals surface area contributed by atoms with Crippen molar-refractivity contribution in [2.75, 3.05) is 31.5 Å². The summed E-state index contributed by atoms with van der Waals surface area (Å²) in [4.78, 5) is 32.5. The van der Waals surface area contributed by atoms with Gasteiger partial charge in [0.1, 0.15) is 6.04 Å². The maximum Gasteiger partial charge on any atom is 0.322 e. The number of likely N-dealkylation sites (tertiary alicyclic amines) is 1. The zero-order valence-electron chi connectivity index (χ0n) is 19.4. The van der Waals surface area contributed by atoms with Crippen LogP contribution in [0, 0.1) is 5.41 Å². The van der Waals surface area contributed by atoms with Gasteiger partial charge >= 0.3 is 6.03 Å². The third kappa shape index (κ3) is 4.60. The standard InChI is InChI=1S/C25H35ClN4O3/c1-17-23(32)30-20(8-12-28-13-11-25(9-10-25)22(31)16-28)6-3-7-21(30)15-29(17)24(33)27-19-5-2-4-18(26)14-19/h2,4-5,14,17,20-22,31H,3,6-13,15-16H2,1H3,(H,27,33). The molecule has 7 nitrogen and oxygen atoms in total. The molecule has 0 radical (unpaired) electrons. The molecule has 3 saturated heterocycles. The highest BCUT2D eigenvalue weighted by Gasteiger charge is 2.51. The first-order chi connectivity index (χ1) is 15.9. The van der Waals surface area contributed by atoms with Gasteiger partial charge in [0.15, 0.2) is 0 Å². The Kier molecular flexibility index (Phi) is 6.31. The monoisotopic (exact) mass is 474 g/mol. The summed E-state index contributed by atoms with van der Waals surface area (Å²) in [5.41, 5.74) is 0.854. The van der Waals surface area contributed by atoms with Crippen LogP contribution in [-0.2, 0) is 4.79 Å². The molecule has 4 aliphatic rings. The van der Waals surface area contributed by atoms with Gasteiger partial charge in [-0.05, 0) is 82.0 Å². The number of anilines is 1. The van der Waals surface area contributed by atoms with Crippen LogP contribution < -0.4 is 5.32 Å². The Morgan fingerprint density at radius 3 is 2.79 bits per heavy atom. The summed E-state index contributed by atoms with van der Waals surface area (Å²) in [5, 5.41) is 14.0. The van der Waals surface area contributed by atoms with E-state index in [9.17, 15) is 14.7 Å². The Hall–Kier alpha value is -1.83. The maximum absolute atomic E-state index is 13.4. The molecule has 5 rings (SSSR count). The number of nitrogens with zero attached hydrogens (tertiary/aromatic N) is 3. The van der Waals surface area contributed by atoms with E-state index in [0.29, 0.717) is 17.3 Å². The number of aliphatic hydroxyl groups is 1. The number of rotatable bonds is 4. The molecule has 1 aromatic carbocycles. The molecule has 4 unspecified atom stereocenters. The predicted octanol–water partition coefficient (Wildman–Crippen LogP) is 3.56. The number of amides is 3. The molecule has 0 bridgehead atoms. The molecule has 8 heteroatoms. The fourth-order valence-electron chi connectivity index (χ4n) is 6.10. The number of carbonyl (C=O) groups excluding carboxylic acids is 2. The summed E-state index contributed by atoms with van der Waals surface area (Å²) in [7, 11) is 0. The van der Waals surface area contributed by atoms with Gasteiger partial charge in [0.2, 0.25) is 5.91 Å². The third-order valence-electron chi connectivity index (χ3n) is 8.42. The van der Waals surface area contributed by atoms with Gasteiger partial charge in [0, 0.05) is 42.4 Å². The summed E-state index contributed by atoms with van der Waals surface area (Å²) in [6.07, 6.45) is 7.20. The van der Waals surface area contributed by atoms with Gasteiger partial charge in [0.25, 0.3) is 0 Å².